The van der Waals surface area contributed by atoms with E-state index in [0.717, 1.165) is 12.8 Å². The van der Waals surface area contributed by atoms with Gasteiger partial charge in [-0.25, -0.2) is 0 Å². The lowest BCUT2D eigenvalue weighted by Crippen LogP contribution is -2.43. The van der Waals surface area contributed by atoms with Crippen LogP contribution in [0.3, 0.4) is 0 Å². The molecule has 2 atom stereocenters. The molecule has 3 heteroatoms. The molecule has 0 saturated heterocycles. The number of nitrogens with one attached hydrogen (secondary N) is 1. The molecular formula is C17H27NO2. The highest BCUT2D eigenvalue weighted by Gasteiger charge is 2.22. The standard InChI is InChI=1S/C17H27NO2/c1-13(11-12-15-9-7-6-8-10-15)18-14(2)16(19)20-17(3,4)5/h6-10,13-14,18H,11-12H2,1-5H3. The van der Waals surface area contributed by atoms with Gasteiger partial charge in [0.15, 0.2) is 0 Å². The number of esters is 1. The number of ether oxygens (including phenoxy) is 1. The maximum Gasteiger partial charge on any atom is 0.323 e. The molecule has 0 aliphatic heterocycles. The molecule has 0 saturated carbocycles. The smallest absolute Gasteiger partial charge is 0.323 e. The lowest BCUT2D eigenvalue weighted by Gasteiger charge is -2.24. The molecule has 0 amide bonds. The first-order valence-corrected chi connectivity index (χ1v) is 7.31. The Morgan fingerprint density at radius 2 is 1.80 bits per heavy atom. The van der Waals surface area contributed by atoms with Crippen LogP contribution in [0.2, 0.25) is 0 Å². The van der Waals surface area contributed by atoms with E-state index in [1.807, 2.05) is 33.8 Å². The van der Waals surface area contributed by atoms with E-state index in [4.69, 9.17) is 4.74 Å². The normalized spacial score (nSPS) is 14.7. The van der Waals surface area contributed by atoms with Gasteiger partial charge in [0.1, 0.15) is 11.6 Å². The first kappa shape index (κ1) is 16.7. The number of hydrogen-bond donors (Lipinski definition) is 1. The summed E-state index contributed by atoms with van der Waals surface area (Å²) in [6.45, 7) is 9.61. The van der Waals surface area contributed by atoms with E-state index in [0.29, 0.717) is 0 Å². The fourth-order valence-corrected chi connectivity index (χ4v) is 2.00. The van der Waals surface area contributed by atoms with Crippen LogP contribution in [0.25, 0.3) is 0 Å². The Morgan fingerprint density at radius 3 is 2.35 bits per heavy atom. The first-order chi connectivity index (χ1) is 9.28. The third kappa shape index (κ3) is 6.71. The second kappa shape index (κ2) is 7.44. The minimum atomic E-state index is -0.430. The number of aryl methyl sites for hydroxylation is 1. The predicted molar refractivity (Wildman–Crippen MR) is 82.7 cm³/mol. The summed E-state index contributed by atoms with van der Waals surface area (Å²) >= 11 is 0. The number of benzene rings is 1. The van der Waals surface area contributed by atoms with E-state index in [1.54, 1.807) is 0 Å². The predicted octanol–water partition coefficient (Wildman–Crippen LogP) is 3.33. The molecule has 1 N–H and O–H groups in total. The van der Waals surface area contributed by atoms with Gasteiger partial charge < -0.3 is 10.1 Å². The van der Waals surface area contributed by atoms with Crippen molar-refractivity contribution in [2.75, 3.05) is 0 Å². The number of rotatable bonds is 6. The molecule has 0 aromatic heterocycles. The lowest BCUT2D eigenvalue weighted by atomic mass is 10.1. The molecule has 0 spiro atoms. The molecule has 0 heterocycles. The fourth-order valence-electron chi connectivity index (χ4n) is 2.00. The maximum atomic E-state index is 11.9. The van der Waals surface area contributed by atoms with Gasteiger partial charge in [0.2, 0.25) is 0 Å². The SMILES string of the molecule is CC(CCc1ccccc1)NC(C)C(=O)OC(C)(C)C. The number of hydrogen-bond acceptors (Lipinski definition) is 3. The molecule has 20 heavy (non-hydrogen) atoms. The second-order valence-corrected chi connectivity index (χ2v) is 6.35. The molecule has 1 rings (SSSR count). The monoisotopic (exact) mass is 277 g/mol. The molecular weight excluding hydrogens is 250 g/mol. The van der Waals surface area contributed by atoms with Crippen molar-refractivity contribution in [3.05, 3.63) is 35.9 Å². The molecule has 1 aromatic carbocycles. The Balaban J connectivity index is 2.34. The summed E-state index contributed by atoms with van der Waals surface area (Å²) in [4.78, 5) is 11.9. The average molecular weight is 277 g/mol. The highest BCUT2D eigenvalue weighted by molar-refractivity contribution is 5.75. The number of carbonyl (C=O) groups is 1. The minimum Gasteiger partial charge on any atom is -0.459 e. The van der Waals surface area contributed by atoms with Gasteiger partial charge in [0.25, 0.3) is 0 Å². The van der Waals surface area contributed by atoms with Crippen LogP contribution in [-0.4, -0.2) is 23.7 Å². The van der Waals surface area contributed by atoms with Gasteiger partial charge in [-0.2, -0.15) is 0 Å². The Bertz CT molecular complexity index is 409. The topological polar surface area (TPSA) is 38.3 Å². The van der Waals surface area contributed by atoms with Crippen LogP contribution in [-0.2, 0) is 16.0 Å². The van der Waals surface area contributed by atoms with Gasteiger partial charge in [-0.3, -0.25) is 4.79 Å². The highest BCUT2D eigenvalue weighted by Crippen LogP contribution is 2.09. The molecule has 1 aromatic rings. The summed E-state index contributed by atoms with van der Waals surface area (Å²) in [7, 11) is 0. The van der Waals surface area contributed by atoms with E-state index < -0.39 is 5.60 Å². The van der Waals surface area contributed by atoms with E-state index in [1.165, 1.54) is 5.56 Å². The summed E-state index contributed by atoms with van der Waals surface area (Å²) in [6.07, 6.45) is 2.01. The van der Waals surface area contributed by atoms with Crippen molar-refractivity contribution in [1.29, 1.82) is 0 Å². The zero-order chi connectivity index (χ0) is 15.2. The molecule has 0 radical (unpaired) electrons. The molecule has 0 bridgehead atoms. The zero-order valence-corrected chi connectivity index (χ0v) is 13.3. The van der Waals surface area contributed by atoms with Gasteiger partial charge in [-0.15, -0.1) is 0 Å². The summed E-state index contributed by atoms with van der Waals surface area (Å²) < 4.78 is 5.36. The fraction of sp³-hybridized carbons (Fsp3) is 0.588. The Hall–Kier alpha value is -1.35. The Kier molecular flexibility index (Phi) is 6.21. The third-order valence-electron chi connectivity index (χ3n) is 3.00. The summed E-state index contributed by atoms with van der Waals surface area (Å²) in [5.74, 6) is -0.191. The Labute approximate surface area is 122 Å². The van der Waals surface area contributed by atoms with Gasteiger partial charge in [-0.05, 0) is 53.0 Å². The molecule has 0 fully saturated rings. The maximum absolute atomic E-state index is 11.9. The van der Waals surface area contributed by atoms with E-state index in [-0.39, 0.29) is 18.1 Å². The van der Waals surface area contributed by atoms with Crippen LogP contribution in [0.4, 0.5) is 0 Å². The van der Waals surface area contributed by atoms with Crippen LogP contribution in [0.5, 0.6) is 0 Å². The molecule has 0 aliphatic rings. The zero-order valence-electron chi connectivity index (χ0n) is 13.3. The van der Waals surface area contributed by atoms with Crippen molar-refractivity contribution in [3.63, 3.8) is 0 Å². The van der Waals surface area contributed by atoms with Crippen molar-refractivity contribution in [1.82, 2.24) is 5.32 Å². The van der Waals surface area contributed by atoms with E-state index in [9.17, 15) is 4.79 Å². The van der Waals surface area contributed by atoms with Crippen molar-refractivity contribution >= 4 is 5.97 Å². The minimum absolute atomic E-state index is 0.191. The third-order valence-corrected chi connectivity index (χ3v) is 3.00. The average Bonchev–Trinajstić information content (AvgIpc) is 2.35. The van der Waals surface area contributed by atoms with Crippen molar-refractivity contribution in [2.45, 2.75) is 65.1 Å². The van der Waals surface area contributed by atoms with Crippen molar-refractivity contribution < 1.29 is 9.53 Å². The van der Waals surface area contributed by atoms with Crippen LogP contribution in [0.1, 0.15) is 46.6 Å². The number of carbonyl (C=O) groups excluding carboxylic acids is 1. The largest absolute Gasteiger partial charge is 0.459 e. The summed E-state index contributed by atoms with van der Waals surface area (Å²) in [6, 6.07) is 10.4. The van der Waals surface area contributed by atoms with Gasteiger partial charge in [-0.1, -0.05) is 30.3 Å². The lowest BCUT2D eigenvalue weighted by molar-refractivity contribution is -0.157. The first-order valence-electron chi connectivity index (χ1n) is 7.31. The van der Waals surface area contributed by atoms with Crippen LogP contribution < -0.4 is 5.32 Å². The van der Waals surface area contributed by atoms with E-state index in [2.05, 4.69) is 36.5 Å². The Morgan fingerprint density at radius 1 is 1.20 bits per heavy atom. The van der Waals surface area contributed by atoms with Crippen LogP contribution in [0, 0.1) is 0 Å². The van der Waals surface area contributed by atoms with Crippen LogP contribution >= 0.6 is 0 Å². The summed E-state index contributed by atoms with van der Waals surface area (Å²) in [5, 5.41) is 3.30. The van der Waals surface area contributed by atoms with Crippen molar-refractivity contribution in [2.24, 2.45) is 0 Å². The van der Waals surface area contributed by atoms with Crippen LogP contribution in [0.15, 0.2) is 30.3 Å². The highest BCUT2D eigenvalue weighted by atomic mass is 16.6. The van der Waals surface area contributed by atoms with Gasteiger partial charge in [0.05, 0.1) is 0 Å². The quantitative estimate of drug-likeness (QED) is 0.811. The van der Waals surface area contributed by atoms with Gasteiger partial charge in [0, 0.05) is 6.04 Å². The molecule has 3 nitrogen and oxygen atoms in total. The molecule has 2 unspecified atom stereocenters. The van der Waals surface area contributed by atoms with Gasteiger partial charge >= 0.3 is 5.97 Å². The summed E-state index contributed by atoms with van der Waals surface area (Å²) in [5.41, 5.74) is 0.895. The van der Waals surface area contributed by atoms with Crippen molar-refractivity contribution in [3.8, 4) is 0 Å². The molecule has 112 valence electrons. The van der Waals surface area contributed by atoms with E-state index >= 15 is 0 Å². The molecule has 0 aliphatic carbocycles. The second-order valence-electron chi connectivity index (χ2n) is 6.35.